The van der Waals surface area contributed by atoms with Crippen molar-refractivity contribution in [2.45, 2.75) is 47.5 Å². The summed E-state index contributed by atoms with van der Waals surface area (Å²) >= 11 is 0. The molecule has 0 heteroatoms. The molecule has 27 heavy (non-hydrogen) atoms. The number of hydrogen-bond acceptors (Lipinski definition) is 0. The predicted molar refractivity (Wildman–Crippen MR) is 119 cm³/mol. The Bertz CT molecular complexity index is 952. The summed E-state index contributed by atoms with van der Waals surface area (Å²) in [4.78, 5) is 0. The highest BCUT2D eigenvalue weighted by Crippen LogP contribution is 2.27. The van der Waals surface area contributed by atoms with Gasteiger partial charge in [0.25, 0.3) is 0 Å². The van der Waals surface area contributed by atoms with Crippen LogP contribution in [0, 0.1) is 6.92 Å². The average Bonchev–Trinajstić information content (AvgIpc) is 2.67. The van der Waals surface area contributed by atoms with E-state index in [-0.39, 0.29) is 0 Å². The summed E-state index contributed by atoms with van der Waals surface area (Å²) in [5, 5.41) is 0. The third kappa shape index (κ3) is 4.57. The number of allylic oxidation sites excluding steroid dienone is 2. The normalized spacial score (nSPS) is 10.7. The van der Waals surface area contributed by atoms with Crippen molar-refractivity contribution in [3.8, 4) is 11.1 Å². The molecule has 3 aromatic rings. The van der Waals surface area contributed by atoms with Crippen LogP contribution in [0.2, 0.25) is 0 Å². The maximum absolute atomic E-state index is 2.35. The molecule has 0 saturated heterocycles. The van der Waals surface area contributed by atoms with E-state index in [1.54, 1.807) is 0 Å². The molecule has 0 N–H and O–H groups in total. The first-order valence-electron chi connectivity index (χ1n) is 9.90. The van der Waals surface area contributed by atoms with Gasteiger partial charge in [-0.25, -0.2) is 0 Å². The van der Waals surface area contributed by atoms with Crippen molar-refractivity contribution in [1.29, 1.82) is 0 Å². The zero-order valence-corrected chi connectivity index (χ0v) is 17.3. The lowest BCUT2D eigenvalue weighted by atomic mass is 9.91. The van der Waals surface area contributed by atoms with Gasteiger partial charge in [-0.1, -0.05) is 84.8 Å². The van der Waals surface area contributed by atoms with Gasteiger partial charge in [-0.15, -0.1) is 0 Å². The summed E-state index contributed by atoms with van der Waals surface area (Å²) in [6.07, 6.45) is 2.04. The van der Waals surface area contributed by atoms with Crippen LogP contribution in [0.5, 0.6) is 0 Å². The first-order chi connectivity index (χ1) is 13.0. The van der Waals surface area contributed by atoms with Gasteiger partial charge in [0.1, 0.15) is 0 Å². The fourth-order valence-electron chi connectivity index (χ4n) is 3.59. The van der Waals surface area contributed by atoms with E-state index >= 15 is 0 Å². The summed E-state index contributed by atoms with van der Waals surface area (Å²) in [6.45, 7) is 11.0. The van der Waals surface area contributed by atoms with Crippen LogP contribution in [0.4, 0.5) is 0 Å². The average molecular weight is 355 g/mol. The van der Waals surface area contributed by atoms with E-state index in [4.69, 9.17) is 0 Å². The van der Waals surface area contributed by atoms with Gasteiger partial charge >= 0.3 is 0 Å². The summed E-state index contributed by atoms with van der Waals surface area (Å²) in [5.74, 6) is 0. The number of aryl methyl sites for hydroxylation is 2. The van der Waals surface area contributed by atoms with Crippen LogP contribution in [0.1, 0.15) is 55.5 Å². The van der Waals surface area contributed by atoms with E-state index in [9.17, 15) is 0 Å². The third-order valence-corrected chi connectivity index (χ3v) is 5.40. The molecule has 0 aromatic heterocycles. The zero-order valence-electron chi connectivity index (χ0n) is 17.3. The van der Waals surface area contributed by atoms with Crippen molar-refractivity contribution in [3.05, 3.63) is 100 Å². The molecule has 3 rings (SSSR count). The van der Waals surface area contributed by atoms with Gasteiger partial charge < -0.3 is 0 Å². The van der Waals surface area contributed by atoms with Gasteiger partial charge in [0.15, 0.2) is 0 Å². The van der Waals surface area contributed by atoms with Crippen LogP contribution < -0.4 is 0 Å². The quantitative estimate of drug-likeness (QED) is 0.442. The zero-order chi connectivity index (χ0) is 19.4. The van der Waals surface area contributed by atoms with Crippen molar-refractivity contribution in [1.82, 2.24) is 0 Å². The molecular formula is C27H30. The molecule has 3 aromatic carbocycles. The second-order valence-corrected chi connectivity index (χ2v) is 7.72. The predicted octanol–water partition coefficient (Wildman–Crippen LogP) is 7.63. The minimum atomic E-state index is 0.961. The monoisotopic (exact) mass is 354 g/mol. The first-order valence-corrected chi connectivity index (χ1v) is 9.90. The maximum atomic E-state index is 2.35. The Labute approximate surface area is 164 Å². The Morgan fingerprint density at radius 2 is 1.44 bits per heavy atom. The molecule has 0 aliphatic rings. The van der Waals surface area contributed by atoms with E-state index in [1.165, 1.54) is 50.1 Å². The lowest BCUT2D eigenvalue weighted by Crippen LogP contribution is -1.96. The molecule has 0 nitrogen and oxygen atoms in total. The molecule has 0 spiro atoms. The SMILES string of the molecule is CCc1ccc(-c2cc(C)cc(Cc3ccccc3C(C)=C(C)C)c2)cc1. The molecule has 0 aliphatic carbocycles. The highest BCUT2D eigenvalue weighted by molar-refractivity contribution is 5.70. The number of rotatable bonds is 5. The van der Waals surface area contributed by atoms with Crippen molar-refractivity contribution >= 4 is 5.57 Å². The summed E-state index contributed by atoms with van der Waals surface area (Å²) < 4.78 is 0. The summed E-state index contributed by atoms with van der Waals surface area (Å²) in [5.41, 5.74) is 12.2. The highest BCUT2D eigenvalue weighted by atomic mass is 14.1. The Kier molecular flexibility index (Phi) is 5.96. The van der Waals surface area contributed by atoms with Gasteiger partial charge in [-0.05, 0) is 79.5 Å². The fourth-order valence-corrected chi connectivity index (χ4v) is 3.59. The molecule has 0 radical (unpaired) electrons. The molecule has 0 fully saturated rings. The Morgan fingerprint density at radius 3 is 2.11 bits per heavy atom. The Hall–Kier alpha value is -2.60. The van der Waals surface area contributed by atoms with E-state index in [1.807, 2.05) is 0 Å². The minimum Gasteiger partial charge on any atom is -0.0729 e. The van der Waals surface area contributed by atoms with Gasteiger partial charge in [0.2, 0.25) is 0 Å². The third-order valence-electron chi connectivity index (χ3n) is 5.40. The summed E-state index contributed by atoms with van der Waals surface area (Å²) in [7, 11) is 0. The molecule has 0 atom stereocenters. The smallest absolute Gasteiger partial charge is 0.00194 e. The van der Waals surface area contributed by atoms with Crippen molar-refractivity contribution in [3.63, 3.8) is 0 Å². The maximum Gasteiger partial charge on any atom is -0.00194 e. The van der Waals surface area contributed by atoms with Crippen molar-refractivity contribution in [2.75, 3.05) is 0 Å². The number of benzene rings is 3. The fraction of sp³-hybridized carbons (Fsp3) is 0.259. The van der Waals surface area contributed by atoms with Gasteiger partial charge in [-0.2, -0.15) is 0 Å². The number of hydrogen-bond donors (Lipinski definition) is 0. The first kappa shape index (κ1) is 19.2. The second-order valence-electron chi connectivity index (χ2n) is 7.72. The van der Waals surface area contributed by atoms with Crippen LogP contribution in [-0.4, -0.2) is 0 Å². The van der Waals surface area contributed by atoms with Gasteiger partial charge in [0, 0.05) is 0 Å². The molecule has 0 aliphatic heterocycles. The standard InChI is InChI=1S/C27H30/c1-6-22-11-13-24(14-12-22)26-16-20(4)15-23(18-26)17-25-9-7-8-10-27(25)21(5)19(2)3/h7-16,18H,6,17H2,1-5H3. The van der Waals surface area contributed by atoms with Crippen LogP contribution in [0.3, 0.4) is 0 Å². The molecule has 0 heterocycles. The molecular weight excluding hydrogens is 324 g/mol. The van der Waals surface area contributed by atoms with E-state index in [0.717, 1.165) is 12.8 Å². The molecule has 0 saturated carbocycles. The lowest BCUT2D eigenvalue weighted by Gasteiger charge is -2.13. The largest absolute Gasteiger partial charge is 0.0729 e. The molecule has 0 unspecified atom stereocenters. The van der Waals surface area contributed by atoms with Crippen LogP contribution >= 0.6 is 0 Å². The Balaban J connectivity index is 1.97. The summed E-state index contributed by atoms with van der Waals surface area (Å²) in [6, 6.07) is 24.7. The van der Waals surface area contributed by atoms with Crippen LogP contribution in [-0.2, 0) is 12.8 Å². The van der Waals surface area contributed by atoms with Gasteiger partial charge in [0.05, 0.1) is 0 Å². The molecule has 138 valence electrons. The van der Waals surface area contributed by atoms with Crippen molar-refractivity contribution in [2.24, 2.45) is 0 Å². The van der Waals surface area contributed by atoms with E-state index in [0.29, 0.717) is 0 Å². The molecule has 0 amide bonds. The van der Waals surface area contributed by atoms with E-state index < -0.39 is 0 Å². The molecule has 0 bridgehead atoms. The second kappa shape index (κ2) is 8.39. The van der Waals surface area contributed by atoms with E-state index in [2.05, 4.69) is 101 Å². The Morgan fingerprint density at radius 1 is 0.741 bits per heavy atom. The highest BCUT2D eigenvalue weighted by Gasteiger charge is 2.08. The van der Waals surface area contributed by atoms with Crippen molar-refractivity contribution < 1.29 is 0 Å². The minimum absolute atomic E-state index is 0.961. The van der Waals surface area contributed by atoms with Gasteiger partial charge in [-0.3, -0.25) is 0 Å². The topological polar surface area (TPSA) is 0 Å². The van der Waals surface area contributed by atoms with Crippen LogP contribution in [0.15, 0.2) is 72.3 Å². The lowest BCUT2D eigenvalue weighted by molar-refractivity contribution is 1.14. The van der Waals surface area contributed by atoms with Crippen LogP contribution in [0.25, 0.3) is 16.7 Å².